The highest BCUT2D eigenvalue weighted by atomic mass is 32.2. The van der Waals surface area contributed by atoms with E-state index in [-0.39, 0.29) is 22.7 Å². The lowest BCUT2D eigenvalue weighted by Gasteiger charge is -2.12. The summed E-state index contributed by atoms with van der Waals surface area (Å²) in [7, 11) is -2.80. The van der Waals surface area contributed by atoms with E-state index in [1.165, 1.54) is 19.2 Å². The van der Waals surface area contributed by atoms with Gasteiger partial charge in [0.15, 0.2) is 21.3 Å². The maximum Gasteiger partial charge on any atom is 0.387 e. The third-order valence-electron chi connectivity index (χ3n) is 3.39. The predicted octanol–water partition coefficient (Wildman–Crippen LogP) is 3.13. The van der Waals surface area contributed by atoms with Gasteiger partial charge in [0.1, 0.15) is 17.4 Å². The third-order valence-corrected chi connectivity index (χ3v) is 4.86. The Balaban J connectivity index is 2.07. The van der Waals surface area contributed by atoms with Gasteiger partial charge in [-0.1, -0.05) is 6.07 Å². The molecular formula is C17H15F4NO5S. The van der Waals surface area contributed by atoms with Crippen molar-refractivity contribution < 1.29 is 40.2 Å². The van der Waals surface area contributed by atoms with Crippen molar-refractivity contribution in [2.75, 3.05) is 18.2 Å². The van der Waals surface area contributed by atoms with Gasteiger partial charge in [0.2, 0.25) is 5.91 Å². The Morgan fingerprint density at radius 1 is 1.11 bits per heavy atom. The maximum absolute atomic E-state index is 13.5. The number of methoxy groups -OCH3 is 1. The average Bonchev–Trinajstić information content (AvgIpc) is 2.57. The van der Waals surface area contributed by atoms with Gasteiger partial charge in [-0.05, 0) is 29.8 Å². The quantitative estimate of drug-likeness (QED) is 0.663. The fourth-order valence-electron chi connectivity index (χ4n) is 2.28. The smallest absolute Gasteiger partial charge is 0.387 e. The molecule has 6 nitrogen and oxygen atoms in total. The Morgan fingerprint density at radius 2 is 1.82 bits per heavy atom. The van der Waals surface area contributed by atoms with Crippen molar-refractivity contribution in [2.24, 2.45) is 0 Å². The summed E-state index contributed by atoms with van der Waals surface area (Å²) in [6, 6.07) is 5.94. The van der Waals surface area contributed by atoms with Crippen LogP contribution in [0.5, 0.6) is 11.5 Å². The molecule has 2 aromatic rings. The molecule has 0 aliphatic rings. The van der Waals surface area contributed by atoms with Crippen LogP contribution in [0.2, 0.25) is 0 Å². The maximum atomic E-state index is 13.5. The van der Waals surface area contributed by atoms with Crippen LogP contribution >= 0.6 is 0 Å². The number of anilines is 1. The third kappa shape index (κ3) is 6.12. The molecule has 152 valence electrons. The molecule has 0 spiro atoms. The number of carbonyl (C=O) groups excluding carboxylic acids is 1. The van der Waals surface area contributed by atoms with E-state index in [2.05, 4.69) is 4.74 Å². The van der Waals surface area contributed by atoms with Crippen LogP contribution in [0.3, 0.4) is 0 Å². The Labute approximate surface area is 158 Å². The van der Waals surface area contributed by atoms with Crippen LogP contribution in [-0.4, -0.2) is 33.8 Å². The number of hydrogen-bond acceptors (Lipinski definition) is 5. The number of ether oxygens (including phenoxy) is 2. The van der Waals surface area contributed by atoms with E-state index in [0.717, 1.165) is 18.2 Å². The monoisotopic (exact) mass is 421 g/mol. The summed E-state index contributed by atoms with van der Waals surface area (Å²) in [6.45, 7) is -3.08. The molecule has 0 heterocycles. The lowest BCUT2D eigenvalue weighted by molar-refractivity contribution is -0.113. The highest BCUT2D eigenvalue weighted by Gasteiger charge is 2.20. The molecule has 2 aromatic carbocycles. The van der Waals surface area contributed by atoms with E-state index in [9.17, 15) is 30.8 Å². The highest BCUT2D eigenvalue weighted by molar-refractivity contribution is 7.91. The number of carbonyl (C=O) groups is 1. The van der Waals surface area contributed by atoms with Gasteiger partial charge in [-0.3, -0.25) is 4.79 Å². The number of hydrogen-bond donors (Lipinski definition) is 1. The second kappa shape index (κ2) is 8.91. The zero-order valence-corrected chi connectivity index (χ0v) is 15.2. The Bertz CT molecular complexity index is 966. The summed E-state index contributed by atoms with van der Waals surface area (Å²) in [6.07, 6.45) is 0. The van der Waals surface area contributed by atoms with E-state index >= 15 is 0 Å². The zero-order chi connectivity index (χ0) is 20.9. The van der Waals surface area contributed by atoms with Crippen LogP contribution in [0.15, 0.2) is 36.4 Å². The number of halogens is 4. The molecule has 1 N–H and O–H groups in total. The topological polar surface area (TPSA) is 81.7 Å². The SMILES string of the molecule is COc1cc(CS(=O)(=O)CC(=O)Nc2ccc(F)cc2F)ccc1OC(F)F. The van der Waals surface area contributed by atoms with E-state index in [4.69, 9.17) is 4.74 Å². The fourth-order valence-corrected chi connectivity index (χ4v) is 3.54. The number of alkyl halides is 2. The highest BCUT2D eigenvalue weighted by Crippen LogP contribution is 2.30. The fraction of sp³-hybridized carbons (Fsp3) is 0.235. The van der Waals surface area contributed by atoms with Gasteiger partial charge in [0, 0.05) is 6.07 Å². The van der Waals surface area contributed by atoms with E-state index < -0.39 is 45.5 Å². The van der Waals surface area contributed by atoms with Gasteiger partial charge in [0.05, 0.1) is 18.6 Å². The van der Waals surface area contributed by atoms with Gasteiger partial charge in [-0.2, -0.15) is 8.78 Å². The van der Waals surface area contributed by atoms with Crippen molar-refractivity contribution in [1.29, 1.82) is 0 Å². The largest absolute Gasteiger partial charge is 0.493 e. The average molecular weight is 421 g/mol. The lowest BCUT2D eigenvalue weighted by Crippen LogP contribution is -2.24. The lowest BCUT2D eigenvalue weighted by atomic mass is 10.2. The minimum absolute atomic E-state index is 0.106. The van der Waals surface area contributed by atoms with Crippen LogP contribution in [0.1, 0.15) is 5.56 Å². The normalized spacial score (nSPS) is 11.4. The zero-order valence-electron chi connectivity index (χ0n) is 14.4. The Hall–Kier alpha value is -2.82. The molecule has 0 bridgehead atoms. The first kappa shape index (κ1) is 21.5. The second-order valence-corrected chi connectivity index (χ2v) is 7.63. The number of nitrogens with one attached hydrogen (secondary N) is 1. The number of benzene rings is 2. The molecule has 11 heteroatoms. The molecule has 0 unspecified atom stereocenters. The standard InChI is InChI=1S/C17H15F4NO5S/c1-26-15-6-10(2-5-14(15)27-17(20)21)8-28(24,25)9-16(23)22-13-4-3-11(18)7-12(13)19/h2-7,17H,8-9H2,1H3,(H,22,23). The van der Waals surface area contributed by atoms with Crippen molar-refractivity contribution >= 4 is 21.4 Å². The van der Waals surface area contributed by atoms with Crippen molar-refractivity contribution in [2.45, 2.75) is 12.4 Å². The minimum atomic E-state index is -3.99. The van der Waals surface area contributed by atoms with E-state index in [1.54, 1.807) is 0 Å². The molecule has 0 aromatic heterocycles. The minimum Gasteiger partial charge on any atom is -0.493 e. The first-order valence-electron chi connectivity index (χ1n) is 7.66. The first-order valence-corrected chi connectivity index (χ1v) is 9.49. The molecule has 0 saturated carbocycles. The number of amides is 1. The molecule has 2 rings (SSSR count). The van der Waals surface area contributed by atoms with Crippen LogP contribution in [-0.2, 0) is 20.4 Å². The van der Waals surface area contributed by atoms with Crippen LogP contribution < -0.4 is 14.8 Å². The molecule has 0 aliphatic heterocycles. The van der Waals surface area contributed by atoms with Crippen molar-refractivity contribution in [1.82, 2.24) is 0 Å². The molecule has 0 aliphatic carbocycles. The second-order valence-electron chi connectivity index (χ2n) is 5.57. The van der Waals surface area contributed by atoms with Gasteiger partial charge in [-0.25, -0.2) is 17.2 Å². The van der Waals surface area contributed by atoms with Crippen LogP contribution in [0.25, 0.3) is 0 Å². The van der Waals surface area contributed by atoms with E-state index in [1.807, 2.05) is 5.32 Å². The molecule has 0 fully saturated rings. The summed E-state index contributed by atoms with van der Waals surface area (Å²) in [5.41, 5.74) is -0.198. The number of sulfone groups is 1. The summed E-state index contributed by atoms with van der Waals surface area (Å²) in [4.78, 5) is 11.9. The van der Waals surface area contributed by atoms with Gasteiger partial charge in [-0.15, -0.1) is 0 Å². The number of rotatable bonds is 8. The van der Waals surface area contributed by atoms with Gasteiger partial charge in [0.25, 0.3) is 0 Å². The van der Waals surface area contributed by atoms with Gasteiger partial charge >= 0.3 is 6.61 Å². The van der Waals surface area contributed by atoms with Crippen LogP contribution in [0, 0.1) is 11.6 Å². The Kier molecular flexibility index (Phi) is 6.84. The van der Waals surface area contributed by atoms with E-state index in [0.29, 0.717) is 6.07 Å². The summed E-state index contributed by atoms with van der Waals surface area (Å²) in [5, 5.41) is 2.04. The first-order chi connectivity index (χ1) is 13.1. The Morgan fingerprint density at radius 3 is 2.43 bits per heavy atom. The molecule has 0 atom stereocenters. The summed E-state index contributed by atoms with van der Waals surface area (Å²) < 4.78 is 84.5. The predicted molar refractivity (Wildman–Crippen MR) is 92.1 cm³/mol. The summed E-state index contributed by atoms with van der Waals surface area (Å²) >= 11 is 0. The molecule has 0 radical (unpaired) electrons. The molecular weight excluding hydrogens is 406 g/mol. The van der Waals surface area contributed by atoms with Crippen molar-refractivity contribution in [3.8, 4) is 11.5 Å². The molecule has 0 saturated heterocycles. The van der Waals surface area contributed by atoms with Crippen molar-refractivity contribution in [3.63, 3.8) is 0 Å². The van der Waals surface area contributed by atoms with Gasteiger partial charge < -0.3 is 14.8 Å². The summed E-state index contributed by atoms with van der Waals surface area (Å²) in [5.74, 6) is -4.87. The molecule has 28 heavy (non-hydrogen) atoms. The molecule has 1 amide bonds. The van der Waals surface area contributed by atoms with Crippen molar-refractivity contribution in [3.05, 3.63) is 53.6 Å². The van der Waals surface area contributed by atoms with Crippen LogP contribution in [0.4, 0.5) is 23.2 Å².